The maximum Gasteiger partial charge on any atom is 0.423 e. The quantitative estimate of drug-likeness (QED) is 0.603. The zero-order chi connectivity index (χ0) is 23.4. The van der Waals surface area contributed by atoms with Crippen molar-refractivity contribution in [2.45, 2.75) is 52.6 Å². The van der Waals surface area contributed by atoms with E-state index < -0.39 is 46.3 Å². The summed E-state index contributed by atoms with van der Waals surface area (Å²) in [5, 5.41) is 12.5. The standard InChI is InChI=1S/C22H24F3NO5/c1-13(27)16-8-9-17(18(19(16)28)22(23,24)25)30-12-15-7-5-6-14(10-15)11-26-20(29)31-21(2,3)4/h5-10,28H,11-12H2,1-4H3,(H,26,29). The van der Waals surface area contributed by atoms with Gasteiger partial charge in [-0.25, -0.2) is 4.79 Å². The first-order valence-corrected chi connectivity index (χ1v) is 9.39. The van der Waals surface area contributed by atoms with Crippen molar-refractivity contribution < 1.29 is 37.3 Å². The van der Waals surface area contributed by atoms with E-state index in [0.29, 0.717) is 11.1 Å². The first kappa shape index (κ1) is 24.0. The summed E-state index contributed by atoms with van der Waals surface area (Å²) in [5.74, 6) is -2.44. The van der Waals surface area contributed by atoms with Gasteiger partial charge in [-0.15, -0.1) is 0 Å². The van der Waals surface area contributed by atoms with Crippen LogP contribution < -0.4 is 10.1 Å². The molecule has 0 fully saturated rings. The predicted octanol–water partition coefficient (Wildman–Crippen LogP) is 5.22. The van der Waals surface area contributed by atoms with Crippen molar-refractivity contribution in [1.82, 2.24) is 5.32 Å². The van der Waals surface area contributed by atoms with Gasteiger partial charge >= 0.3 is 12.3 Å². The maximum absolute atomic E-state index is 13.4. The van der Waals surface area contributed by atoms with Crippen LogP contribution in [0.3, 0.4) is 0 Å². The first-order chi connectivity index (χ1) is 14.3. The van der Waals surface area contributed by atoms with Crippen molar-refractivity contribution in [3.63, 3.8) is 0 Å². The minimum absolute atomic E-state index is 0.157. The number of ketones is 1. The SMILES string of the molecule is CC(=O)c1ccc(OCc2cccc(CNC(=O)OC(C)(C)C)c2)c(C(F)(F)F)c1O. The molecule has 0 spiro atoms. The van der Waals surface area contributed by atoms with Crippen molar-refractivity contribution in [2.24, 2.45) is 0 Å². The molecule has 0 atom stereocenters. The molecule has 0 saturated carbocycles. The highest BCUT2D eigenvalue weighted by atomic mass is 19.4. The largest absolute Gasteiger partial charge is 0.506 e. The van der Waals surface area contributed by atoms with Crippen LogP contribution in [0.15, 0.2) is 36.4 Å². The Morgan fingerprint density at radius 1 is 1.06 bits per heavy atom. The number of carbonyl (C=O) groups excluding carboxylic acids is 2. The molecule has 0 aliphatic carbocycles. The Morgan fingerprint density at radius 2 is 1.71 bits per heavy atom. The third-order valence-electron chi connectivity index (χ3n) is 4.02. The van der Waals surface area contributed by atoms with Gasteiger partial charge in [-0.1, -0.05) is 24.3 Å². The molecule has 0 bridgehead atoms. The highest BCUT2D eigenvalue weighted by Crippen LogP contribution is 2.44. The maximum atomic E-state index is 13.4. The van der Waals surface area contributed by atoms with Crippen molar-refractivity contribution in [2.75, 3.05) is 0 Å². The van der Waals surface area contributed by atoms with E-state index in [-0.39, 0.29) is 13.2 Å². The van der Waals surface area contributed by atoms with E-state index in [0.717, 1.165) is 19.1 Å². The number of phenols is 1. The summed E-state index contributed by atoms with van der Waals surface area (Å²) < 4.78 is 50.8. The van der Waals surface area contributed by atoms with Crippen molar-refractivity contribution in [3.05, 3.63) is 58.7 Å². The van der Waals surface area contributed by atoms with Gasteiger partial charge in [-0.3, -0.25) is 4.79 Å². The van der Waals surface area contributed by atoms with Gasteiger partial charge in [0.05, 0.1) is 5.56 Å². The number of hydrogen-bond donors (Lipinski definition) is 2. The molecule has 0 heterocycles. The number of aromatic hydroxyl groups is 1. The number of nitrogens with one attached hydrogen (secondary N) is 1. The molecule has 0 aliphatic rings. The van der Waals surface area contributed by atoms with Gasteiger partial charge in [-0.2, -0.15) is 13.2 Å². The molecule has 0 aromatic heterocycles. The molecule has 1 amide bonds. The molecule has 31 heavy (non-hydrogen) atoms. The number of Topliss-reactive ketones (excluding diaryl/α,β-unsaturated/α-hetero) is 1. The average Bonchev–Trinajstić information content (AvgIpc) is 2.62. The van der Waals surface area contributed by atoms with Gasteiger partial charge in [0.25, 0.3) is 0 Å². The van der Waals surface area contributed by atoms with E-state index in [1.165, 1.54) is 0 Å². The van der Waals surface area contributed by atoms with Gasteiger partial charge < -0.3 is 19.9 Å². The number of rotatable bonds is 6. The van der Waals surface area contributed by atoms with E-state index in [4.69, 9.17) is 9.47 Å². The van der Waals surface area contributed by atoms with Crippen LogP contribution in [0.25, 0.3) is 0 Å². The Kier molecular flexibility index (Phi) is 7.20. The minimum Gasteiger partial charge on any atom is -0.506 e. The van der Waals surface area contributed by atoms with Crippen molar-refractivity contribution in [3.8, 4) is 11.5 Å². The van der Waals surface area contributed by atoms with Gasteiger partial charge in [0.2, 0.25) is 0 Å². The van der Waals surface area contributed by atoms with E-state index in [9.17, 15) is 27.9 Å². The number of alkyl halides is 3. The molecule has 0 saturated heterocycles. The summed E-state index contributed by atoms with van der Waals surface area (Å²) in [7, 11) is 0. The second-order valence-corrected chi connectivity index (χ2v) is 7.85. The van der Waals surface area contributed by atoms with Gasteiger partial charge in [0, 0.05) is 6.54 Å². The predicted molar refractivity (Wildman–Crippen MR) is 107 cm³/mol. The number of phenolic OH excluding ortho intramolecular Hbond substituents is 1. The number of benzene rings is 2. The molecular formula is C22H24F3NO5. The number of alkyl carbamates (subject to hydrolysis) is 1. The van der Waals surface area contributed by atoms with Crippen LogP contribution >= 0.6 is 0 Å². The average molecular weight is 439 g/mol. The molecule has 2 rings (SSSR count). The van der Waals surface area contributed by atoms with Crippen LogP contribution in [-0.4, -0.2) is 22.6 Å². The lowest BCUT2D eigenvalue weighted by Crippen LogP contribution is -2.32. The highest BCUT2D eigenvalue weighted by Gasteiger charge is 2.39. The van der Waals surface area contributed by atoms with Crippen LogP contribution in [0, 0.1) is 0 Å². The number of halogens is 3. The Hall–Kier alpha value is -3.23. The molecule has 168 valence electrons. The second-order valence-electron chi connectivity index (χ2n) is 7.85. The fourth-order valence-corrected chi connectivity index (χ4v) is 2.73. The van der Waals surface area contributed by atoms with Crippen molar-refractivity contribution >= 4 is 11.9 Å². The number of carbonyl (C=O) groups is 2. The third-order valence-corrected chi connectivity index (χ3v) is 4.02. The van der Waals surface area contributed by atoms with E-state index in [2.05, 4.69) is 5.32 Å². The number of amides is 1. The van der Waals surface area contributed by atoms with Crippen molar-refractivity contribution in [1.29, 1.82) is 0 Å². The summed E-state index contributed by atoms with van der Waals surface area (Å²) >= 11 is 0. The van der Waals surface area contributed by atoms with Gasteiger partial charge in [0.15, 0.2) is 5.78 Å². The monoisotopic (exact) mass is 439 g/mol. The number of hydrogen-bond acceptors (Lipinski definition) is 5. The van der Waals surface area contributed by atoms with Gasteiger partial charge in [0.1, 0.15) is 29.3 Å². The molecule has 9 heteroatoms. The van der Waals surface area contributed by atoms with Crippen LogP contribution in [0.4, 0.5) is 18.0 Å². The summed E-state index contributed by atoms with van der Waals surface area (Å²) in [5.41, 5.74) is -1.23. The molecule has 2 N–H and O–H groups in total. The van der Waals surface area contributed by atoms with E-state index in [1.807, 2.05) is 0 Å². The van der Waals surface area contributed by atoms with Gasteiger partial charge in [-0.05, 0) is 51.0 Å². The van der Waals surface area contributed by atoms with Crippen LogP contribution in [0.5, 0.6) is 11.5 Å². The lowest BCUT2D eigenvalue weighted by Gasteiger charge is -2.19. The molecule has 6 nitrogen and oxygen atoms in total. The summed E-state index contributed by atoms with van der Waals surface area (Å²) in [6, 6.07) is 8.81. The van der Waals surface area contributed by atoms with E-state index >= 15 is 0 Å². The zero-order valence-electron chi connectivity index (χ0n) is 17.6. The topological polar surface area (TPSA) is 84.9 Å². The molecule has 2 aromatic rings. The normalized spacial score (nSPS) is 11.7. The van der Waals surface area contributed by atoms with Crippen LogP contribution in [-0.2, 0) is 24.1 Å². The smallest absolute Gasteiger partial charge is 0.423 e. The van der Waals surface area contributed by atoms with Crippen LogP contribution in [0.2, 0.25) is 0 Å². The fraction of sp³-hybridized carbons (Fsp3) is 0.364. The molecule has 0 unspecified atom stereocenters. The highest BCUT2D eigenvalue weighted by molar-refractivity contribution is 5.97. The third kappa shape index (κ3) is 6.91. The Morgan fingerprint density at radius 3 is 2.29 bits per heavy atom. The Bertz CT molecular complexity index is 965. The lowest BCUT2D eigenvalue weighted by molar-refractivity contribution is -0.140. The molecule has 2 aromatic carbocycles. The fourth-order valence-electron chi connectivity index (χ4n) is 2.73. The molecule has 0 radical (unpaired) electrons. The summed E-state index contributed by atoms with van der Waals surface area (Å²) in [4.78, 5) is 23.2. The minimum atomic E-state index is -4.91. The zero-order valence-corrected chi connectivity index (χ0v) is 17.6. The van der Waals surface area contributed by atoms with E-state index in [1.54, 1.807) is 45.0 Å². The summed E-state index contributed by atoms with van der Waals surface area (Å²) in [6.07, 6.45) is -5.51. The lowest BCUT2D eigenvalue weighted by atomic mass is 10.0. The Balaban J connectivity index is 2.14. The number of ether oxygens (including phenoxy) is 2. The molecular weight excluding hydrogens is 415 g/mol. The molecule has 0 aliphatic heterocycles. The first-order valence-electron chi connectivity index (χ1n) is 9.39. The Labute approximate surface area is 178 Å². The summed E-state index contributed by atoms with van der Waals surface area (Å²) in [6.45, 7) is 6.21. The van der Waals surface area contributed by atoms with Crippen LogP contribution in [0.1, 0.15) is 54.7 Å². The second kappa shape index (κ2) is 9.28.